The highest BCUT2D eigenvalue weighted by Gasteiger charge is 2.20. The molecule has 9 heteroatoms. The van der Waals surface area contributed by atoms with Gasteiger partial charge in [0.25, 0.3) is 0 Å². The molecule has 2 aromatic heterocycles. The van der Waals surface area contributed by atoms with E-state index in [-0.39, 0.29) is 0 Å². The first kappa shape index (κ1) is 18.8. The molecule has 2 fully saturated rings. The Bertz CT molecular complexity index is 745. The second-order valence-corrected chi connectivity index (χ2v) is 7.09. The number of aromatic nitrogens is 4. The fourth-order valence-corrected chi connectivity index (χ4v) is 3.53. The van der Waals surface area contributed by atoms with Crippen LogP contribution in [0.4, 0.5) is 17.7 Å². The first-order valence-corrected chi connectivity index (χ1v) is 9.94. The van der Waals surface area contributed by atoms with Crippen LogP contribution < -0.4 is 15.1 Å². The summed E-state index contributed by atoms with van der Waals surface area (Å²) in [4.78, 5) is 24.9. The zero-order chi connectivity index (χ0) is 19.2. The van der Waals surface area contributed by atoms with Gasteiger partial charge in [0, 0.05) is 76.5 Å². The average Bonchev–Trinajstić information content (AvgIpc) is 2.75. The lowest BCUT2D eigenvalue weighted by molar-refractivity contribution is 0.0398. The largest absolute Gasteiger partial charge is 0.379 e. The molecule has 4 heterocycles. The SMILES string of the molecule is Cc1cc(N2CCN(c3ncccn3)CC2)nc(NCCN2CCOCC2)n1. The third-order valence-corrected chi connectivity index (χ3v) is 5.09. The highest BCUT2D eigenvalue weighted by atomic mass is 16.5. The van der Waals surface area contributed by atoms with Gasteiger partial charge in [0.1, 0.15) is 5.82 Å². The summed E-state index contributed by atoms with van der Waals surface area (Å²) in [5.74, 6) is 2.48. The van der Waals surface area contributed by atoms with E-state index in [2.05, 4.69) is 41.0 Å². The van der Waals surface area contributed by atoms with Gasteiger partial charge >= 0.3 is 0 Å². The van der Waals surface area contributed by atoms with Gasteiger partial charge in [0.15, 0.2) is 0 Å². The number of anilines is 3. The maximum absolute atomic E-state index is 5.40. The molecule has 0 amide bonds. The highest BCUT2D eigenvalue weighted by molar-refractivity contribution is 5.46. The molecule has 1 N–H and O–H groups in total. The van der Waals surface area contributed by atoms with Crippen molar-refractivity contribution in [3.05, 3.63) is 30.2 Å². The van der Waals surface area contributed by atoms with E-state index >= 15 is 0 Å². The number of nitrogens with zero attached hydrogens (tertiary/aromatic N) is 7. The quantitative estimate of drug-likeness (QED) is 0.772. The second-order valence-electron chi connectivity index (χ2n) is 7.09. The molecule has 9 nitrogen and oxygen atoms in total. The van der Waals surface area contributed by atoms with Crippen molar-refractivity contribution in [1.82, 2.24) is 24.8 Å². The van der Waals surface area contributed by atoms with E-state index in [1.807, 2.05) is 13.0 Å². The predicted molar refractivity (Wildman–Crippen MR) is 109 cm³/mol. The predicted octanol–water partition coefficient (Wildman–Crippen LogP) is 0.646. The third-order valence-electron chi connectivity index (χ3n) is 5.09. The van der Waals surface area contributed by atoms with Gasteiger partial charge in [-0.15, -0.1) is 0 Å². The van der Waals surface area contributed by atoms with Crippen LogP contribution in [0.2, 0.25) is 0 Å². The Labute approximate surface area is 165 Å². The minimum absolute atomic E-state index is 0.706. The molecule has 2 aliphatic heterocycles. The molecule has 0 aromatic carbocycles. The summed E-state index contributed by atoms with van der Waals surface area (Å²) < 4.78 is 5.40. The van der Waals surface area contributed by atoms with Crippen LogP contribution in [0.1, 0.15) is 5.69 Å². The summed E-state index contributed by atoms with van der Waals surface area (Å²) in [5.41, 5.74) is 0.979. The van der Waals surface area contributed by atoms with Crippen LogP contribution in [0, 0.1) is 6.92 Å². The number of nitrogens with one attached hydrogen (secondary N) is 1. The zero-order valence-corrected chi connectivity index (χ0v) is 16.4. The molecule has 0 bridgehead atoms. The van der Waals surface area contributed by atoms with E-state index in [0.29, 0.717) is 5.95 Å². The van der Waals surface area contributed by atoms with E-state index in [1.54, 1.807) is 12.4 Å². The molecule has 150 valence electrons. The molecule has 0 spiro atoms. The van der Waals surface area contributed by atoms with Crippen LogP contribution >= 0.6 is 0 Å². The molecule has 2 aliphatic rings. The number of rotatable bonds is 6. The van der Waals surface area contributed by atoms with Crippen molar-refractivity contribution in [2.24, 2.45) is 0 Å². The van der Waals surface area contributed by atoms with Gasteiger partial charge in [0.05, 0.1) is 13.2 Å². The minimum Gasteiger partial charge on any atom is -0.379 e. The fraction of sp³-hybridized carbons (Fsp3) is 0.579. The van der Waals surface area contributed by atoms with Crippen LogP contribution in [0.5, 0.6) is 0 Å². The average molecular weight is 384 g/mol. The summed E-state index contributed by atoms with van der Waals surface area (Å²) in [6, 6.07) is 3.90. The van der Waals surface area contributed by atoms with E-state index in [9.17, 15) is 0 Å². The molecule has 2 saturated heterocycles. The number of morpholine rings is 1. The fourth-order valence-electron chi connectivity index (χ4n) is 3.53. The number of hydrogen-bond acceptors (Lipinski definition) is 9. The smallest absolute Gasteiger partial charge is 0.225 e. The lowest BCUT2D eigenvalue weighted by Crippen LogP contribution is -2.47. The summed E-state index contributed by atoms with van der Waals surface area (Å²) in [6.45, 7) is 11.0. The van der Waals surface area contributed by atoms with Gasteiger partial charge in [0.2, 0.25) is 11.9 Å². The van der Waals surface area contributed by atoms with Gasteiger partial charge in [-0.25, -0.2) is 15.0 Å². The van der Waals surface area contributed by atoms with Crippen LogP contribution in [0.15, 0.2) is 24.5 Å². The van der Waals surface area contributed by atoms with Gasteiger partial charge in [-0.3, -0.25) is 4.90 Å². The molecule has 0 radical (unpaired) electrons. The number of hydrogen-bond donors (Lipinski definition) is 1. The van der Waals surface area contributed by atoms with Crippen LogP contribution in [0.3, 0.4) is 0 Å². The summed E-state index contributed by atoms with van der Waals surface area (Å²) in [5, 5.41) is 3.39. The van der Waals surface area contributed by atoms with E-state index in [0.717, 1.165) is 83.0 Å². The highest BCUT2D eigenvalue weighted by Crippen LogP contribution is 2.18. The number of ether oxygens (including phenoxy) is 1. The van der Waals surface area contributed by atoms with Gasteiger partial charge < -0.3 is 19.9 Å². The van der Waals surface area contributed by atoms with Gasteiger partial charge in [-0.2, -0.15) is 4.98 Å². The molecular formula is C19H28N8O. The molecule has 4 rings (SSSR count). The van der Waals surface area contributed by atoms with Crippen molar-refractivity contribution >= 4 is 17.7 Å². The Hall–Kier alpha value is -2.52. The number of aryl methyl sites for hydroxylation is 1. The van der Waals surface area contributed by atoms with Gasteiger partial charge in [-0.05, 0) is 13.0 Å². The minimum atomic E-state index is 0.706. The molecular weight excluding hydrogens is 356 g/mol. The van der Waals surface area contributed by atoms with Crippen molar-refractivity contribution in [2.45, 2.75) is 6.92 Å². The Morgan fingerprint density at radius 1 is 0.964 bits per heavy atom. The van der Waals surface area contributed by atoms with E-state index in [1.165, 1.54) is 0 Å². The van der Waals surface area contributed by atoms with Gasteiger partial charge in [-0.1, -0.05) is 0 Å². The van der Waals surface area contributed by atoms with Crippen LogP contribution in [0.25, 0.3) is 0 Å². The Balaban J connectivity index is 1.32. The standard InChI is InChI=1S/C19H28N8O/c1-16-15-17(24-18(23-16)20-5-6-25-11-13-28-14-12-25)26-7-9-27(10-8-26)19-21-3-2-4-22-19/h2-4,15H,5-14H2,1H3,(H,20,23,24). The molecule has 2 aromatic rings. The molecule has 0 atom stereocenters. The normalized spacial score (nSPS) is 18.3. The first-order chi connectivity index (χ1) is 13.8. The first-order valence-electron chi connectivity index (χ1n) is 9.94. The van der Waals surface area contributed by atoms with Crippen LogP contribution in [-0.4, -0.2) is 90.4 Å². The number of piperazine rings is 1. The zero-order valence-electron chi connectivity index (χ0n) is 16.4. The Kier molecular flexibility index (Phi) is 6.13. The van der Waals surface area contributed by atoms with Crippen molar-refractivity contribution in [3.63, 3.8) is 0 Å². The van der Waals surface area contributed by atoms with Crippen LogP contribution in [-0.2, 0) is 4.74 Å². The maximum Gasteiger partial charge on any atom is 0.225 e. The van der Waals surface area contributed by atoms with Crippen molar-refractivity contribution in [2.75, 3.05) is 80.7 Å². The lowest BCUT2D eigenvalue weighted by atomic mass is 10.3. The monoisotopic (exact) mass is 384 g/mol. The lowest BCUT2D eigenvalue weighted by Gasteiger charge is -2.35. The van der Waals surface area contributed by atoms with Crippen molar-refractivity contribution < 1.29 is 4.74 Å². The summed E-state index contributed by atoms with van der Waals surface area (Å²) in [6.07, 6.45) is 3.58. The Morgan fingerprint density at radius 3 is 2.43 bits per heavy atom. The summed E-state index contributed by atoms with van der Waals surface area (Å²) >= 11 is 0. The molecule has 0 unspecified atom stereocenters. The second kappa shape index (κ2) is 9.11. The topological polar surface area (TPSA) is 82.5 Å². The van der Waals surface area contributed by atoms with Crippen molar-refractivity contribution in [1.29, 1.82) is 0 Å². The van der Waals surface area contributed by atoms with E-state index in [4.69, 9.17) is 9.72 Å². The maximum atomic E-state index is 5.40. The van der Waals surface area contributed by atoms with E-state index < -0.39 is 0 Å². The molecule has 28 heavy (non-hydrogen) atoms. The molecule has 0 aliphatic carbocycles. The third kappa shape index (κ3) is 4.85. The Morgan fingerprint density at radius 2 is 1.68 bits per heavy atom. The van der Waals surface area contributed by atoms with Crippen molar-refractivity contribution in [3.8, 4) is 0 Å². The molecule has 0 saturated carbocycles. The summed E-state index contributed by atoms with van der Waals surface area (Å²) in [7, 11) is 0.